The first-order valence-corrected chi connectivity index (χ1v) is 11.5. The van der Waals surface area contributed by atoms with Crippen LogP contribution in [-0.4, -0.2) is 60.6 Å². The largest absolute Gasteiger partial charge is 0.466 e. The van der Waals surface area contributed by atoms with E-state index >= 15 is 0 Å². The second-order valence-corrected chi connectivity index (χ2v) is 9.48. The van der Waals surface area contributed by atoms with Gasteiger partial charge in [-0.05, 0) is 46.1 Å². The molecule has 0 aliphatic rings. The van der Waals surface area contributed by atoms with E-state index in [1.807, 2.05) is 19.1 Å². The van der Waals surface area contributed by atoms with E-state index in [0.717, 1.165) is 5.56 Å². The van der Waals surface area contributed by atoms with Crippen LogP contribution in [-0.2, 0) is 23.9 Å². The number of alkyl carbamates (subject to hydrolysis) is 1. The minimum Gasteiger partial charge on any atom is -0.466 e. The molecule has 9 nitrogen and oxygen atoms in total. The maximum Gasteiger partial charge on any atom is 0.408 e. The van der Waals surface area contributed by atoms with E-state index < -0.39 is 41.6 Å². The molecule has 1 aromatic carbocycles. The van der Waals surface area contributed by atoms with Gasteiger partial charge in [0.05, 0.1) is 13.0 Å². The first-order chi connectivity index (χ1) is 15.8. The zero-order valence-electron chi connectivity index (χ0n) is 21.6. The summed E-state index contributed by atoms with van der Waals surface area (Å²) in [6.07, 6.45) is -0.689. The molecule has 0 radical (unpaired) electrons. The Morgan fingerprint density at radius 1 is 1.12 bits per heavy atom. The van der Waals surface area contributed by atoms with Crippen molar-refractivity contribution in [2.75, 3.05) is 20.2 Å². The van der Waals surface area contributed by atoms with Crippen LogP contribution in [0.1, 0.15) is 65.1 Å². The number of nitrogens with one attached hydrogen (secondary N) is 2. The van der Waals surface area contributed by atoms with Gasteiger partial charge in [-0.3, -0.25) is 14.4 Å². The third-order valence-electron chi connectivity index (χ3n) is 4.88. The number of carbonyl (C=O) groups excluding carboxylic acids is 4. The molecule has 2 unspecified atom stereocenters. The van der Waals surface area contributed by atoms with Gasteiger partial charge in [0.2, 0.25) is 11.8 Å². The van der Waals surface area contributed by atoms with Gasteiger partial charge in [-0.2, -0.15) is 0 Å². The van der Waals surface area contributed by atoms with Crippen molar-refractivity contribution in [1.29, 1.82) is 0 Å². The molecule has 2 N–H and O–H groups in total. The Bertz CT molecular complexity index is 862. The van der Waals surface area contributed by atoms with Crippen molar-refractivity contribution in [1.82, 2.24) is 15.5 Å². The van der Waals surface area contributed by atoms with Crippen LogP contribution >= 0.6 is 0 Å². The molecule has 0 aliphatic heterocycles. The number of nitrogens with zero attached hydrogens (tertiary/aromatic N) is 1. The Morgan fingerprint density at radius 2 is 1.76 bits per heavy atom. The minimum absolute atomic E-state index is 0.0204. The fraction of sp³-hybridized carbons (Fsp3) is 0.600. The van der Waals surface area contributed by atoms with E-state index in [0.29, 0.717) is 5.56 Å². The summed E-state index contributed by atoms with van der Waals surface area (Å²) in [5.74, 6) is -1.55. The van der Waals surface area contributed by atoms with E-state index in [9.17, 15) is 19.2 Å². The topological polar surface area (TPSA) is 114 Å². The molecule has 0 aliphatic carbocycles. The Balaban J connectivity index is 3.13. The van der Waals surface area contributed by atoms with Crippen LogP contribution in [0.2, 0.25) is 0 Å². The summed E-state index contributed by atoms with van der Waals surface area (Å²) >= 11 is 0. The number of likely N-dealkylation sites (N-methyl/N-ethyl adjacent to an activating group) is 1. The zero-order valence-corrected chi connectivity index (χ0v) is 21.6. The van der Waals surface area contributed by atoms with Crippen LogP contribution < -0.4 is 10.6 Å². The highest BCUT2D eigenvalue weighted by Gasteiger charge is 2.35. The van der Waals surface area contributed by atoms with Crippen molar-refractivity contribution < 1.29 is 28.7 Å². The fourth-order valence-electron chi connectivity index (χ4n) is 3.30. The number of hydrogen-bond acceptors (Lipinski definition) is 6. The van der Waals surface area contributed by atoms with E-state index in [2.05, 4.69) is 10.6 Å². The van der Waals surface area contributed by atoms with Gasteiger partial charge in [-0.25, -0.2) is 4.79 Å². The van der Waals surface area contributed by atoms with Crippen LogP contribution in [0.15, 0.2) is 24.3 Å². The summed E-state index contributed by atoms with van der Waals surface area (Å²) in [7, 11) is 1.52. The molecule has 3 amide bonds. The molecule has 0 spiro atoms. The molecule has 0 aromatic heterocycles. The van der Waals surface area contributed by atoms with Gasteiger partial charge in [0.15, 0.2) is 0 Å². The van der Waals surface area contributed by atoms with E-state index in [1.165, 1.54) is 11.9 Å². The van der Waals surface area contributed by atoms with Crippen molar-refractivity contribution in [2.45, 2.75) is 72.6 Å². The third kappa shape index (κ3) is 9.41. The zero-order chi connectivity index (χ0) is 26.1. The molecule has 0 bridgehead atoms. The average Bonchev–Trinajstić information content (AvgIpc) is 2.70. The van der Waals surface area contributed by atoms with Gasteiger partial charge >= 0.3 is 12.1 Å². The summed E-state index contributed by atoms with van der Waals surface area (Å²) in [6, 6.07) is 5.42. The number of carbonyl (C=O) groups is 4. The molecular weight excluding hydrogens is 438 g/mol. The highest BCUT2D eigenvalue weighted by Crippen LogP contribution is 2.23. The quantitative estimate of drug-likeness (QED) is 0.501. The number of aryl methyl sites for hydroxylation is 1. The summed E-state index contributed by atoms with van der Waals surface area (Å²) in [5, 5.41) is 5.36. The smallest absolute Gasteiger partial charge is 0.408 e. The third-order valence-corrected chi connectivity index (χ3v) is 4.88. The predicted octanol–water partition coefficient (Wildman–Crippen LogP) is 3.11. The first-order valence-electron chi connectivity index (χ1n) is 11.5. The summed E-state index contributed by atoms with van der Waals surface area (Å²) in [5.41, 5.74) is 0.822. The maximum atomic E-state index is 13.5. The molecule has 1 aromatic rings. The lowest BCUT2D eigenvalue weighted by Crippen LogP contribution is -2.53. The first kappa shape index (κ1) is 28.9. The van der Waals surface area contributed by atoms with Crippen LogP contribution in [0, 0.1) is 12.8 Å². The van der Waals surface area contributed by atoms with Crippen LogP contribution in [0.25, 0.3) is 0 Å². The number of amides is 3. The molecule has 0 saturated heterocycles. The molecule has 0 fully saturated rings. The van der Waals surface area contributed by atoms with Crippen molar-refractivity contribution in [3.8, 4) is 0 Å². The number of rotatable bonds is 10. The van der Waals surface area contributed by atoms with Crippen LogP contribution in [0.3, 0.4) is 0 Å². The van der Waals surface area contributed by atoms with E-state index in [1.54, 1.807) is 53.7 Å². The maximum absolute atomic E-state index is 13.5. The Kier molecular flexibility index (Phi) is 11.0. The van der Waals surface area contributed by atoms with Gasteiger partial charge in [0, 0.05) is 13.6 Å². The van der Waals surface area contributed by atoms with Crippen molar-refractivity contribution in [3.05, 3.63) is 35.4 Å². The van der Waals surface area contributed by atoms with Gasteiger partial charge in [0.25, 0.3) is 0 Å². The lowest BCUT2D eigenvalue weighted by atomic mass is 9.98. The Labute approximate surface area is 202 Å². The highest BCUT2D eigenvalue weighted by atomic mass is 16.6. The van der Waals surface area contributed by atoms with Gasteiger partial charge in [-0.1, -0.05) is 43.7 Å². The molecule has 0 saturated carbocycles. The standard InChI is InChI=1S/C25H39N3O6/c1-9-33-19(29)13-14-26-22(30)21(18-12-10-11-17(4)15-18)28(8)23(31)20(16(2)3)27-24(32)34-25(5,6)7/h10-12,15-16,20-21H,9,13-14H2,1-8H3,(H,26,30)(H,27,32). The minimum atomic E-state index is -0.962. The van der Waals surface area contributed by atoms with Gasteiger partial charge in [-0.15, -0.1) is 0 Å². The monoisotopic (exact) mass is 477 g/mol. The van der Waals surface area contributed by atoms with Gasteiger partial charge in [0.1, 0.15) is 17.7 Å². The molecule has 1 rings (SSSR count). The molecule has 2 atom stereocenters. The summed E-state index contributed by atoms with van der Waals surface area (Å²) in [4.78, 5) is 51.9. The van der Waals surface area contributed by atoms with E-state index in [4.69, 9.17) is 9.47 Å². The van der Waals surface area contributed by atoms with E-state index in [-0.39, 0.29) is 25.5 Å². The average molecular weight is 478 g/mol. The molecule has 34 heavy (non-hydrogen) atoms. The second-order valence-electron chi connectivity index (χ2n) is 9.48. The van der Waals surface area contributed by atoms with Crippen LogP contribution in [0.5, 0.6) is 0 Å². The summed E-state index contributed by atoms with van der Waals surface area (Å²) < 4.78 is 10.2. The highest BCUT2D eigenvalue weighted by molar-refractivity contribution is 5.92. The van der Waals surface area contributed by atoms with Crippen LogP contribution in [0.4, 0.5) is 4.79 Å². The number of benzene rings is 1. The Morgan fingerprint density at radius 3 is 2.29 bits per heavy atom. The lowest BCUT2D eigenvalue weighted by molar-refractivity contribution is -0.144. The number of esters is 1. The number of hydrogen-bond donors (Lipinski definition) is 2. The number of ether oxygens (including phenoxy) is 2. The molecule has 190 valence electrons. The second kappa shape index (κ2) is 13.0. The molecular formula is C25H39N3O6. The SMILES string of the molecule is CCOC(=O)CCNC(=O)C(c1cccc(C)c1)N(C)C(=O)C(NC(=O)OC(C)(C)C)C(C)C. The fourth-order valence-corrected chi connectivity index (χ4v) is 3.30. The van der Waals surface area contributed by atoms with Crippen molar-refractivity contribution in [3.63, 3.8) is 0 Å². The van der Waals surface area contributed by atoms with Crippen molar-refractivity contribution >= 4 is 23.9 Å². The molecule has 9 heteroatoms. The predicted molar refractivity (Wildman–Crippen MR) is 129 cm³/mol. The Hall–Kier alpha value is -3.10. The lowest BCUT2D eigenvalue weighted by Gasteiger charge is -2.33. The van der Waals surface area contributed by atoms with Gasteiger partial charge < -0.3 is 25.0 Å². The normalized spacial score (nSPS) is 13.0. The summed E-state index contributed by atoms with van der Waals surface area (Å²) in [6.45, 7) is 12.7. The van der Waals surface area contributed by atoms with Crippen molar-refractivity contribution in [2.24, 2.45) is 5.92 Å². The molecule has 0 heterocycles.